The molecule has 1 unspecified atom stereocenters. The van der Waals surface area contributed by atoms with E-state index in [0.717, 1.165) is 24.1 Å². The largest absolute Gasteiger partial charge is 0.362 e. The van der Waals surface area contributed by atoms with Gasteiger partial charge in [-0.05, 0) is 62.3 Å². The van der Waals surface area contributed by atoms with Crippen LogP contribution in [0.5, 0.6) is 0 Å². The van der Waals surface area contributed by atoms with Crippen LogP contribution < -0.4 is 10.6 Å². The molecule has 5 nitrogen and oxygen atoms in total. The van der Waals surface area contributed by atoms with Crippen LogP contribution in [0.25, 0.3) is 0 Å². The Morgan fingerprint density at radius 1 is 1.21 bits per heavy atom. The Hall–Kier alpha value is -1.14. The fourth-order valence-electron chi connectivity index (χ4n) is 5.71. The van der Waals surface area contributed by atoms with Crippen molar-refractivity contribution < 1.29 is 0 Å². The first-order chi connectivity index (χ1) is 14.0. The molecular formula is C23H39N5S. The summed E-state index contributed by atoms with van der Waals surface area (Å²) >= 11 is 5.46. The highest BCUT2D eigenvalue weighted by Crippen LogP contribution is 2.42. The predicted octanol–water partition coefficient (Wildman–Crippen LogP) is 3.77. The molecular weight excluding hydrogens is 378 g/mol. The molecule has 0 radical (unpaired) electrons. The zero-order valence-corrected chi connectivity index (χ0v) is 19.3. The molecule has 4 atom stereocenters. The summed E-state index contributed by atoms with van der Waals surface area (Å²) in [6.07, 6.45) is 9.40. The number of fused-ring (bicyclic) bond motifs is 3. The highest BCUT2D eigenvalue weighted by atomic mass is 32.1. The van der Waals surface area contributed by atoms with Crippen molar-refractivity contribution in [2.24, 2.45) is 18.9 Å². The van der Waals surface area contributed by atoms with E-state index in [9.17, 15) is 0 Å². The van der Waals surface area contributed by atoms with Gasteiger partial charge >= 0.3 is 0 Å². The van der Waals surface area contributed by atoms with Crippen molar-refractivity contribution in [1.82, 2.24) is 25.3 Å². The molecule has 4 fully saturated rings. The number of aryl methyl sites for hydroxylation is 1. The summed E-state index contributed by atoms with van der Waals surface area (Å²) in [4.78, 5) is 2.69. The lowest BCUT2D eigenvalue weighted by atomic mass is 9.74. The second-order valence-corrected chi connectivity index (χ2v) is 10.4. The van der Waals surface area contributed by atoms with Gasteiger partial charge in [-0.3, -0.25) is 9.58 Å². The second-order valence-electron chi connectivity index (χ2n) is 9.98. The first kappa shape index (κ1) is 21.1. The lowest BCUT2D eigenvalue weighted by Crippen LogP contribution is -2.56. The Kier molecular flexibility index (Phi) is 6.80. The standard InChI is InChI=1S/C23H39N5S/c1-16(2)13-24-23(29)25-14-19-11-18-9-10-28(19)15-20(18)22-12-21(26-27(22)3)17-7-5-4-6-8-17/h12,16-20H,4-11,13-15H2,1-3H3,(H2,24,25,29)/t18-,19+,20-/m0/s1. The zero-order valence-electron chi connectivity index (χ0n) is 18.5. The number of nitrogens with zero attached hydrogens (tertiary/aromatic N) is 3. The van der Waals surface area contributed by atoms with E-state index in [1.165, 1.54) is 69.4 Å². The third-order valence-corrected chi connectivity index (χ3v) is 7.67. The maximum atomic E-state index is 5.46. The molecule has 1 aromatic heterocycles. The summed E-state index contributed by atoms with van der Waals surface area (Å²) < 4.78 is 2.20. The minimum absolute atomic E-state index is 0.606. The van der Waals surface area contributed by atoms with Crippen LogP contribution in [0, 0.1) is 11.8 Å². The number of hydrogen-bond acceptors (Lipinski definition) is 3. The lowest BCUT2D eigenvalue weighted by Gasteiger charge is -2.50. The summed E-state index contributed by atoms with van der Waals surface area (Å²) in [6.45, 7) is 8.72. The van der Waals surface area contributed by atoms with Gasteiger partial charge in [0.1, 0.15) is 0 Å². The molecule has 6 heteroatoms. The Morgan fingerprint density at radius 3 is 2.69 bits per heavy atom. The molecule has 5 rings (SSSR count). The van der Waals surface area contributed by atoms with Crippen molar-refractivity contribution in [2.75, 3.05) is 26.2 Å². The zero-order chi connectivity index (χ0) is 20.4. The van der Waals surface area contributed by atoms with Gasteiger partial charge in [0.25, 0.3) is 0 Å². The number of piperidine rings is 3. The molecule has 0 amide bonds. The van der Waals surface area contributed by atoms with E-state index in [4.69, 9.17) is 17.3 Å². The van der Waals surface area contributed by atoms with Crippen molar-refractivity contribution in [1.29, 1.82) is 0 Å². The number of aromatic nitrogens is 2. The highest BCUT2D eigenvalue weighted by molar-refractivity contribution is 7.80. The molecule has 0 spiro atoms. The van der Waals surface area contributed by atoms with Gasteiger partial charge in [-0.15, -0.1) is 0 Å². The molecule has 4 heterocycles. The Morgan fingerprint density at radius 2 is 2.00 bits per heavy atom. The summed E-state index contributed by atoms with van der Waals surface area (Å²) in [6, 6.07) is 3.07. The average Bonchev–Trinajstić information content (AvgIpc) is 3.13. The second kappa shape index (κ2) is 9.34. The van der Waals surface area contributed by atoms with E-state index >= 15 is 0 Å². The van der Waals surface area contributed by atoms with Crippen LogP contribution in [0.1, 0.15) is 82.0 Å². The van der Waals surface area contributed by atoms with E-state index in [0.29, 0.717) is 23.8 Å². The van der Waals surface area contributed by atoms with Crippen molar-refractivity contribution in [3.63, 3.8) is 0 Å². The molecule has 2 bridgehead atoms. The molecule has 29 heavy (non-hydrogen) atoms. The normalized spacial score (nSPS) is 29.9. The third-order valence-electron chi connectivity index (χ3n) is 7.39. The van der Waals surface area contributed by atoms with Gasteiger partial charge in [-0.25, -0.2) is 0 Å². The average molecular weight is 418 g/mol. The molecule has 4 aliphatic rings. The van der Waals surface area contributed by atoms with Gasteiger partial charge < -0.3 is 10.6 Å². The fourth-order valence-corrected chi connectivity index (χ4v) is 5.87. The Bertz CT molecular complexity index is 693. The molecule has 2 N–H and O–H groups in total. The summed E-state index contributed by atoms with van der Waals surface area (Å²) in [5.74, 6) is 2.72. The molecule has 1 aliphatic carbocycles. The van der Waals surface area contributed by atoms with E-state index in [2.05, 4.69) is 47.2 Å². The number of nitrogens with one attached hydrogen (secondary N) is 2. The Labute approximate surface area is 182 Å². The third kappa shape index (κ3) is 4.96. The van der Waals surface area contributed by atoms with Crippen molar-refractivity contribution in [3.05, 3.63) is 17.5 Å². The van der Waals surface area contributed by atoms with Crippen LogP contribution in [0.4, 0.5) is 0 Å². The molecule has 162 valence electrons. The number of hydrogen-bond donors (Lipinski definition) is 2. The molecule has 0 aromatic carbocycles. The van der Waals surface area contributed by atoms with Gasteiger partial charge in [0.15, 0.2) is 5.11 Å². The first-order valence-electron chi connectivity index (χ1n) is 11.8. The smallest absolute Gasteiger partial charge is 0.166 e. The monoisotopic (exact) mass is 417 g/mol. The van der Waals surface area contributed by atoms with E-state index < -0.39 is 0 Å². The van der Waals surface area contributed by atoms with Gasteiger partial charge in [0, 0.05) is 50.3 Å². The maximum absolute atomic E-state index is 5.46. The number of thiocarbonyl (C=S) groups is 1. The van der Waals surface area contributed by atoms with Crippen LogP contribution in [-0.4, -0.2) is 52.0 Å². The van der Waals surface area contributed by atoms with Gasteiger partial charge in [0.2, 0.25) is 0 Å². The van der Waals surface area contributed by atoms with Gasteiger partial charge in [-0.2, -0.15) is 5.10 Å². The maximum Gasteiger partial charge on any atom is 0.166 e. The molecule has 3 aliphatic heterocycles. The lowest BCUT2D eigenvalue weighted by molar-refractivity contribution is 0.0302. The minimum atomic E-state index is 0.606. The SMILES string of the molecule is CC(C)CNC(=S)NC[C@H]1C[C@@H]2CCN1C[C@@H]2c1cc(C2CCCCC2)nn1C. The topological polar surface area (TPSA) is 45.1 Å². The van der Waals surface area contributed by atoms with E-state index in [1.807, 2.05) is 0 Å². The summed E-state index contributed by atoms with van der Waals surface area (Å²) in [5.41, 5.74) is 2.83. The van der Waals surface area contributed by atoms with E-state index in [-0.39, 0.29) is 0 Å². The van der Waals surface area contributed by atoms with Crippen LogP contribution in [0.15, 0.2) is 6.07 Å². The number of rotatable bonds is 6. The Balaban J connectivity index is 1.34. The van der Waals surface area contributed by atoms with Gasteiger partial charge in [0.05, 0.1) is 5.69 Å². The fraction of sp³-hybridized carbons (Fsp3) is 0.826. The quantitative estimate of drug-likeness (QED) is 0.690. The highest BCUT2D eigenvalue weighted by Gasteiger charge is 2.42. The molecule has 1 saturated carbocycles. The van der Waals surface area contributed by atoms with Crippen molar-refractivity contribution in [3.8, 4) is 0 Å². The van der Waals surface area contributed by atoms with Crippen LogP contribution >= 0.6 is 12.2 Å². The van der Waals surface area contributed by atoms with Crippen LogP contribution in [-0.2, 0) is 7.05 Å². The minimum Gasteiger partial charge on any atom is -0.362 e. The van der Waals surface area contributed by atoms with E-state index in [1.54, 1.807) is 0 Å². The van der Waals surface area contributed by atoms with Crippen LogP contribution in [0.2, 0.25) is 0 Å². The predicted molar refractivity (Wildman–Crippen MR) is 123 cm³/mol. The van der Waals surface area contributed by atoms with Crippen LogP contribution in [0.3, 0.4) is 0 Å². The van der Waals surface area contributed by atoms with Gasteiger partial charge in [-0.1, -0.05) is 33.1 Å². The molecule has 3 saturated heterocycles. The summed E-state index contributed by atoms with van der Waals surface area (Å²) in [7, 11) is 2.16. The first-order valence-corrected chi connectivity index (χ1v) is 12.2. The van der Waals surface area contributed by atoms with Crippen molar-refractivity contribution >= 4 is 17.3 Å². The summed E-state index contributed by atoms with van der Waals surface area (Å²) in [5, 5.41) is 12.6. The molecule has 1 aromatic rings. The van der Waals surface area contributed by atoms with Crippen molar-refractivity contribution in [2.45, 2.75) is 76.7 Å².